The molecule has 0 aliphatic carbocycles. The maximum atomic E-state index is 12.3. The number of amides is 1. The Bertz CT molecular complexity index is 502. The smallest absolute Gasteiger partial charge is 0.344 e. The number of Topliss-reactive ketones (excluding diaryl/α,β-unsaturated/α-hetero) is 1. The summed E-state index contributed by atoms with van der Waals surface area (Å²) in [5.74, 6) is -0.867. The van der Waals surface area contributed by atoms with Crippen molar-refractivity contribution < 1.29 is 22.8 Å². The molecule has 7 heteroatoms. The molecule has 4 nitrogen and oxygen atoms in total. The quantitative estimate of drug-likeness (QED) is 0.929. The molecule has 0 atom stereocenters. The van der Waals surface area contributed by atoms with E-state index in [0.29, 0.717) is 6.20 Å². The second-order valence-corrected chi connectivity index (χ2v) is 5.29. The Kier molecular flexibility index (Phi) is 4.52. The van der Waals surface area contributed by atoms with Crippen LogP contribution in [0, 0.1) is 5.41 Å². The number of ketones is 1. The second-order valence-electron chi connectivity index (χ2n) is 5.29. The van der Waals surface area contributed by atoms with Crippen molar-refractivity contribution in [2.24, 2.45) is 5.41 Å². The van der Waals surface area contributed by atoms with Crippen LogP contribution in [-0.2, 0) is 11.0 Å². The van der Waals surface area contributed by atoms with Crippen LogP contribution < -0.4 is 5.32 Å². The summed E-state index contributed by atoms with van der Waals surface area (Å²) in [6.45, 7) is 4.93. The topological polar surface area (TPSA) is 59.1 Å². The van der Waals surface area contributed by atoms with E-state index in [1.54, 1.807) is 20.8 Å². The normalized spacial score (nSPS) is 12.1. The van der Waals surface area contributed by atoms with E-state index in [1.807, 2.05) is 0 Å². The summed E-state index contributed by atoms with van der Waals surface area (Å²) in [5.41, 5.74) is -1.69. The van der Waals surface area contributed by atoms with E-state index in [9.17, 15) is 22.8 Å². The first-order valence-electron chi connectivity index (χ1n) is 5.86. The minimum Gasteiger partial charge on any atom is -0.344 e. The molecule has 1 rings (SSSR count). The van der Waals surface area contributed by atoms with Crippen LogP contribution in [0.4, 0.5) is 13.2 Å². The van der Waals surface area contributed by atoms with Crippen molar-refractivity contribution in [3.05, 3.63) is 29.6 Å². The molecule has 0 aromatic carbocycles. The highest BCUT2D eigenvalue weighted by molar-refractivity contribution is 5.96. The average Bonchev–Trinajstić information content (AvgIpc) is 2.33. The Hall–Kier alpha value is -1.92. The van der Waals surface area contributed by atoms with Gasteiger partial charge in [-0.2, -0.15) is 13.2 Å². The molecule has 1 aromatic rings. The molecule has 0 bridgehead atoms. The van der Waals surface area contributed by atoms with Gasteiger partial charge in [0.2, 0.25) is 0 Å². The lowest BCUT2D eigenvalue weighted by Gasteiger charge is -2.16. The number of nitrogens with one attached hydrogen (secondary N) is 1. The monoisotopic (exact) mass is 288 g/mol. The van der Waals surface area contributed by atoms with Gasteiger partial charge in [0.1, 0.15) is 5.69 Å². The van der Waals surface area contributed by atoms with Gasteiger partial charge in [-0.05, 0) is 12.1 Å². The first-order chi connectivity index (χ1) is 9.01. The van der Waals surface area contributed by atoms with Crippen LogP contribution in [-0.4, -0.2) is 23.2 Å². The fourth-order valence-corrected chi connectivity index (χ4v) is 1.21. The largest absolute Gasteiger partial charge is 0.417 e. The zero-order chi connectivity index (χ0) is 15.6. The molecule has 0 radical (unpaired) electrons. The Balaban J connectivity index is 2.68. The van der Waals surface area contributed by atoms with Gasteiger partial charge < -0.3 is 5.32 Å². The third-order valence-corrected chi connectivity index (χ3v) is 2.57. The number of rotatable bonds is 3. The maximum Gasteiger partial charge on any atom is 0.417 e. The Labute approximate surface area is 114 Å². The molecule has 0 spiro atoms. The molecule has 1 amide bonds. The van der Waals surface area contributed by atoms with Gasteiger partial charge in [0.25, 0.3) is 5.91 Å². The molecule has 0 unspecified atom stereocenters. The summed E-state index contributed by atoms with van der Waals surface area (Å²) in [7, 11) is 0. The van der Waals surface area contributed by atoms with E-state index in [4.69, 9.17) is 0 Å². The third-order valence-electron chi connectivity index (χ3n) is 2.57. The van der Waals surface area contributed by atoms with Crippen molar-refractivity contribution in [1.29, 1.82) is 0 Å². The minimum absolute atomic E-state index is 0.167. The highest BCUT2D eigenvalue weighted by atomic mass is 19.4. The molecule has 0 saturated heterocycles. The van der Waals surface area contributed by atoms with Crippen molar-refractivity contribution in [2.75, 3.05) is 6.54 Å². The Morgan fingerprint density at radius 1 is 1.20 bits per heavy atom. The third kappa shape index (κ3) is 4.32. The fourth-order valence-electron chi connectivity index (χ4n) is 1.21. The van der Waals surface area contributed by atoms with Crippen molar-refractivity contribution in [3.63, 3.8) is 0 Å². The zero-order valence-electron chi connectivity index (χ0n) is 11.3. The Morgan fingerprint density at radius 2 is 1.80 bits per heavy atom. The van der Waals surface area contributed by atoms with Crippen LogP contribution in [0.2, 0.25) is 0 Å². The standard InChI is InChI=1S/C13H15F3N2O2/c1-12(2,3)10(19)7-18-11(20)9-5-4-8(6-17-9)13(14,15)16/h4-6H,7H2,1-3H3,(H,18,20). The first-order valence-corrected chi connectivity index (χ1v) is 5.86. The predicted octanol–water partition coefficient (Wildman–Crippen LogP) is 2.45. The molecule has 0 aliphatic rings. The van der Waals surface area contributed by atoms with Gasteiger partial charge in [-0.15, -0.1) is 0 Å². The molecule has 0 saturated carbocycles. The molecule has 20 heavy (non-hydrogen) atoms. The lowest BCUT2D eigenvalue weighted by molar-refractivity contribution is -0.137. The molecular weight excluding hydrogens is 273 g/mol. The van der Waals surface area contributed by atoms with E-state index in [-0.39, 0.29) is 18.0 Å². The SMILES string of the molecule is CC(C)(C)C(=O)CNC(=O)c1ccc(C(F)(F)F)cn1. The summed E-state index contributed by atoms with van der Waals surface area (Å²) in [6.07, 6.45) is -3.91. The molecule has 1 aromatic heterocycles. The molecule has 1 heterocycles. The summed E-state index contributed by atoms with van der Waals surface area (Å²) in [4.78, 5) is 26.7. The zero-order valence-corrected chi connectivity index (χ0v) is 11.3. The van der Waals surface area contributed by atoms with Crippen molar-refractivity contribution >= 4 is 11.7 Å². The summed E-state index contributed by atoms with van der Waals surface area (Å²) in [6, 6.07) is 1.74. The number of carbonyl (C=O) groups excluding carboxylic acids is 2. The molecular formula is C13H15F3N2O2. The van der Waals surface area contributed by atoms with Crippen LogP contribution in [0.5, 0.6) is 0 Å². The lowest BCUT2D eigenvalue weighted by atomic mass is 9.91. The summed E-state index contributed by atoms with van der Waals surface area (Å²) >= 11 is 0. The first kappa shape index (κ1) is 16.1. The number of alkyl halides is 3. The molecule has 1 N–H and O–H groups in total. The molecule has 0 fully saturated rings. The molecule has 0 aliphatic heterocycles. The van der Waals surface area contributed by atoms with Crippen LogP contribution >= 0.6 is 0 Å². The van der Waals surface area contributed by atoms with Crippen LogP contribution in [0.15, 0.2) is 18.3 Å². The number of hydrogen-bond acceptors (Lipinski definition) is 3. The number of nitrogens with zero attached hydrogens (tertiary/aromatic N) is 1. The van der Waals surface area contributed by atoms with Crippen LogP contribution in [0.3, 0.4) is 0 Å². The fraction of sp³-hybridized carbons (Fsp3) is 0.462. The van der Waals surface area contributed by atoms with Crippen molar-refractivity contribution in [3.8, 4) is 0 Å². The van der Waals surface area contributed by atoms with Crippen LogP contribution in [0.1, 0.15) is 36.8 Å². The molecule has 110 valence electrons. The Morgan fingerprint density at radius 3 is 2.20 bits per heavy atom. The van der Waals surface area contributed by atoms with Gasteiger partial charge in [-0.25, -0.2) is 0 Å². The van der Waals surface area contributed by atoms with Crippen molar-refractivity contribution in [2.45, 2.75) is 26.9 Å². The summed E-state index contributed by atoms with van der Waals surface area (Å²) in [5, 5.41) is 2.33. The summed E-state index contributed by atoms with van der Waals surface area (Å²) < 4.78 is 37.0. The van der Waals surface area contributed by atoms with E-state index >= 15 is 0 Å². The van der Waals surface area contributed by atoms with Crippen LogP contribution in [0.25, 0.3) is 0 Å². The van der Waals surface area contributed by atoms with E-state index < -0.39 is 23.1 Å². The maximum absolute atomic E-state index is 12.3. The van der Waals surface area contributed by atoms with E-state index in [0.717, 1.165) is 12.1 Å². The van der Waals surface area contributed by atoms with Gasteiger partial charge in [0.15, 0.2) is 5.78 Å². The van der Waals surface area contributed by atoms with Crippen molar-refractivity contribution in [1.82, 2.24) is 10.3 Å². The second kappa shape index (κ2) is 5.60. The minimum atomic E-state index is -4.50. The van der Waals surface area contributed by atoms with Gasteiger partial charge in [0, 0.05) is 11.6 Å². The highest BCUT2D eigenvalue weighted by Crippen LogP contribution is 2.28. The van der Waals surface area contributed by atoms with Gasteiger partial charge in [-0.1, -0.05) is 20.8 Å². The number of aromatic nitrogens is 1. The van der Waals surface area contributed by atoms with Gasteiger partial charge >= 0.3 is 6.18 Å². The predicted molar refractivity (Wildman–Crippen MR) is 66.0 cm³/mol. The van der Waals surface area contributed by atoms with Gasteiger partial charge in [-0.3, -0.25) is 14.6 Å². The number of carbonyl (C=O) groups is 2. The van der Waals surface area contributed by atoms with Gasteiger partial charge in [0.05, 0.1) is 12.1 Å². The number of hydrogen-bond donors (Lipinski definition) is 1. The number of pyridine rings is 1. The number of halogens is 3. The highest BCUT2D eigenvalue weighted by Gasteiger charge is 2.31. The van der Waals surface area contributed by atoms with E-state index in [2.05, 4.69) is 10.3 Å². The average molecular weight is 288 g/mol. The lowest BCUT2D eigenvalue weighted by Crippen LogP contribution is -2.35. The van der Waals surface area contributed by atoms with E-state index in [1.165, 1.54) is 0 Å².